The zero-order valence-corrected chi connectivity index (χ0v) is 16.9. The quantitative estimate of drug-likeness (QED) is 0.256. The van der Waals surface area contributed by atoms with Crippen molar-refractivity contribution in [2.45, 2.75) is 50.7 Å². The fraction of sp³-hybridized carbons (Fsp3) is 0.933. The van der Waals surface area contributed by atoms with Crippen molar-refractivity contribution in [2.24, 2.45) is 4.99 Å². The first-order chi connectivity index (χ1) is 9.70. The van der Waals surface area contributed by atoms with Crippen molar-refractivity contribution >= 4 is 41.7 Å². The molecule has 0 spiro atoms. The molecule has 0 bridgehead atoms. The SMILES string of the molecule is CCCCOCCCNC(=NC)NCC1(C)CCCS1.I. The third-order valence-electron chi connectivity index (χ3n) is 3.55. The summed E-state index contributed by atoms with van der Waals surface area (Å²) < 4.78 is 5.92. The van der Waals surface area contributed by atoms with Crippen molar-refractivity contribution in [3.8, 4) is 0 Å². The van der Waals surface area contributed by atoms with Gasteiger partial charge in [0.05, 0.1) is 0 Å². The van der Waals surface area contributed by atoms with E-state index in [1.54, 1.807) is 0 Å². The van der Waals surface area contributed by atoms with Crippen molar-refractivity contribution in [2.75, 3.05) is 39.1 Å². The van der Waals surface area contributed by atoms with Crippen molar-refractivity contribution < 1.29 is 4.74 Å². The lowest BCUT2D eigenvalue weighted by Gasteiger charge is -2.24. The van der Waals surface area contributed by atoms with E-state index in [9.17, 15) is 0 Å². The van der Waals surface area contributed by atoms with Crippen LogP contribution < -0.4 is 10.6 Å². The number of nitrogens with zero attached hydrogens (tertiary/aromatic N) is 1. The molecule has 0 aromatic rings. The molecule has 1 saturated heterocycles. The Morgan fingerprint density at radius 3 is 2.67 bits per heavy atom. The highest BCUT2D eigenvalue weighted by Gasteiger charge is 2.29. The molecule has 1 rings (SSSR count). The molecule has 2 N–H and O–H groups in total. The van der Waals surface area contributed by atoms with E-state index >= 15 is 0 Å². The average molecular weight is 429 g/mol. The molecule has 0 aliphatic carbocycles. The predicted octanol–water partition coefficient (Wildman–Crippen LogP) is 3.26. The summed E-state index contributed by atoms with van der Waals surface area (Å²) in [6.07, 6.45) is 6.02. The number of ether oxygens (including phenoxy) is 1. The van der Waals surface area contributed by atoms with Crippen molar-refractivity contribution in [3.63, 3.8) is 0 Å². The van der Waals surface area contributed by atoms with Gasteiger partial charge >= 0.3 is 0 Å². The number of rotatable bonds is 9. The number of unbranched alkanes of at least 4 members (excludes halogenated alkanes) is 1. The summed E-state index contributed by atoms with van der Waals surface area (Å²) in [7, 11) is 1.83. The standard InChI is InChI=1S/C15H31N3OS.HI/c1-4-5-10-19-11-7-9-17-14(16-3)18-13-15(2)8-6-12-20-15;/h4-13H2,1-3H3,(H2,16,17,18);1H. The third-order valence-corrected chi connectivity index (χ3v) is 5.09. The molecule has 126 valence electrons. The minimum atomic E-state index is 0. The van der Waals surface area contributed by atoms with Crippen LogP contribution in [0.4, 0.5) is 0 Å². The highest BCUT2D eigenvalue weighted by Crippen LogP contribution is 2.36. The Kier molecular flexibility index (Phi) is 13.0. The van der Waals surface area contributed by atoms with Gasteiger partial charge in [-0.25, -0.2) is 0 Å². The van der Waals surface area contributed by atoms with Gasteiger partial charge in [0.2, 0.25) is 0 Å². The van der Waals surface area contributed by atoms with E-state index in [-0.39, 0.29) is 24.0 Å². The molecule has 1 fully saturated rings. The first kappa shape index (κ1) is 21.3. The van der Waals surface area contributed by atoms with E-state index in [4.69, 9.17) is 4.74 Å². The van der Waals surface area contributed by atoms with Gasteiger partial charge in [0.25, 0.3) is 0 Å². The Morgan fingerprint density at radius 1 is 1.29 bits per heavy atom. The summed E-state index contributed by atoms with van der Waals surface area (Å²) in [5.74, 6) is 2.20. The highest BCUT2D eigenvalue weighted by atomic mass is 127. The highest BCUT2D eigenvalue weighted by molar-refractivity contribution is 14.0. The lowest BCUT2D eigenvalue weighted by molar-refractivity contribution is 0.129. The van der Waals surface area contributed by atoms with Gasteiger partial charge in [-0.3, -0.25) is 4.99 Å². The van der Waals surface area contributed by atoms with Gasteiger partial charge in [0.15, 0.2) is 5.96 Å². The van der Waals surface area contributed by atoms with Crippen molar-refractivity contribution in [1.29, 1.82) is 0 Å². The second kappa shape index (κ2) is 12.8. The van der Waals surface area contributed by atoms with Crippen molar-refractivity contribution in [1.82, 2.24) is 10.6 Å². The largest absolute Gasteiger partial charge is 0.381 e. The molecule has 1 heterocycles. The monoisotopic (exact) mass is 429 g/mol. The van der Waals surface area contributed by atoms with E-state index in [1.165, 1.54) is 25.0 Å². The molecular formula is C15H32IN3OS. The maximum Gasteiger partial charge on any atom is 0.191 e. The Hall–Kier alpha value is 0.310. The second-order valence-electron chi connectivity index (χ2n) is 5.57. The Morgan fingerprint density at radius 2 is 2.05 bits per heavy atom. The number of halogens is 1. The van der Waals surface area contributed by atoms with Crippen LogP contribution in [0.25, 0.3) is 0 Å². The van der Waals surface area contributed by atoms with E-state index in [0.29, 0.717) is 4.75 Å². The molecular weight excluding hydrogens is 397 g/mol. The molecule has 0 aromatic carbocycles. The molecule has 4 nitrogen and oxygen atoms in total. The zero-order chi connectivity index (χ0) is 14.7. The van der Waals surface area contributed by atoms with Gasteiger partial charge < -0.3 is 15.4 Å². The topological polar surface area (TPSA) is 45.6 Å². The zero-order valence-electron chi connectivity index (χ0n) is 13.7. The maximum atomic E-state index is 5.54. The van der Waals surface area contributed by atoms with E-state index in [0.717, 1.165) is 45.1 Å². The average Bonchev–Trinajstić information content (AvgIpc) is 2.88. The molecule has 1 unspecified atom stereocenters. The van der Waals surface area contributed by atoms with Crippen LogP contribution in [0.2, 0.25) is 0 Å². The van der Waals surface area contributed by atoms with Gasteiger partial charge in [0.1, 0.15) is 0 Å². The molecule has 0 amide bonds. The summed E-state index contributed by atoms with van der Waals surface area (Å²) >= 11 is 2.07. The lowest BCUT2D eigenvalue weighted by atomic mass is 10.1. The molecule has 1 aliphatic rings. The first-order valence-corrected chi connectivity index (χ1v) is 8.85. The van der Waals surface area contributed by atoms with Gasteiger partial charge in [-0.2, -0.15) is 11.8 Å². The maximum absolute atomic E-state index is 5.54. The lowest BCUT2D eigenvalue weighted by Crippen LogP contribution is -2.44. The fourth-order valence-electron chi connectivity index (χ4n) is 2.20. The van der Waals surface area contributed by atoms with Crippen LogP contribution in [-0.4, -0.2) is 49.8 Å². The summed E-state index contributed by atoms with van der Waals surface area (Å²) in [4.78, 5) is 4.27. The normalized spacial score (nSPS) is 22.0. The Bertz CT molecular complexity index is 284. The number of hydrogen-bond acceptors (Lipinski definition) is 3. The van der Waals surface area contributed by atoms with Crippen LogP contribution in [0.15, 0.2) is 4.99 Å². The van der Waals surface area contributed by atoms with Crippen LogP contribution in [-0.2, 0) is 4.74 Å². The molecule has 1 aliphatic heterocycles. The number of hydrogen-bond donors (Lipinski definition) is 2. The number of thioether (sulfide) groups is 1. The number of nitrogens with one attached hydrogen (secondary N) is 2. The smallest absolute Gasteiger partial charge is 0.191 e. The number of aliphatic imine (C=N–C) groups is 1. The van der Waals surface area contributed by atoms with Crippen LogP contribution >= 0.6 is 35.7 Å². The van der Waals surface area contributed by atoms with Crippen LogP contribution in [0.5, 0.6) is 0 Å². The summed E-state index contributed by atoms with van der Waals surface area (Å²) in [5.41, 5.74) is 0. The van der Waals surface area contributed by atoms with Gasteiger partial charge in [-0.15, -0.1) is 24.0 Å². The minimum absolute atomic E-state index is 0. The van der Waals surface area contributed by atoms with Crippen LogP contribution in [0.1, 0.15) is 46.0 Å². The van der Waals surface area contributed by atoms with Gasteiger partial charge in [0, 0.05) is 38.1 Å². The number of guanidine groups is 1. The van der Waals surface area contributed by atoms with Crippen LogP contribution in [0, 0.1) is 0 Å². The minimum Gasteiger partial charge on any atom is -0.381 e. The van der Waals surface area contributed by atoms with Crippen LogP contribution in [0.3, 0.4) is 0 Å². The van der Waals surface area contributed by atoms with Gasteiger partial charge in [-0.1, -0.05) is 13.3 Å². The molecule has 0 saturated carbocycles. The summed E-state index contributed by atoms with van der Waals surface area (Å²) in [6, 6.07) is 0. The second-order valence-corrected chi connectivity index (χ2v) is 7.26. The molecule has 0 aromatic heterocycles. The van der Waals surface area contributed by atoms with E-state index in [2.05, 4.69) is 41.2 Å². The summed E-state index contributed by atoms with van der Waals surface area (Å²) in [6.45, 7) is 8.15. The molecule has 1 atom stereocenters. The van der Waals surface area contributed by atoms with Gasteiger partial charge in [-0.05, 0) is 38.4 Å². The van der Waals surface area contributed by atoms with E-state index in [1.807, 2.05) is 7.05 Å². The fourth-order valence-corrected chi connectivity index (χ4v) is 3.44. The molecule has 0 radical (unpaired) electrons. The van der Waals surface area contributed by atoms with E-state index < -0.39 is 0 Å². The third kappa shape index (κ3) is 9.84. The predicted molar refractivity (Wildman–Crippen MR) is 105 cm³/mol. The van der Waals surface area contributed by atoms with Crippen molar-refractivity contribution in [3.05, 3.63) is 0 Å². The summed E-state index contributed by atoms with van der Waals surface area (Å²) in [5, 5.41) is 6.79. The molecule has 21 heavy (non-hydrogen) atoms. The first-order valence-electron chi connectivity index (χ1n) is 7.86. The molecule has 6 heteroatoms. The Balaban J connectivity index is 0.00000400. The Labute approximate surface area is 151 Å².